The topological polar surface area (TPSA) is 91.4 Å². The summed E-state index contributed by atoms with van der Waals surface area (Å²) in [6.07, 6.45) is 3.79. The molecule has 0 aliphatic rings. The second kappa shape index (κ2) is 10.5. The molecule has 35 heavy (non-hydrogen) atoms. The highest BCUT2D eigenvalue weighted by atomic mass is 16.5. The van der Waals surface area contributed by atoms with Gasteiger partial charge in [0.1, 0.15) is 18.2 Å². The van der Waals surface area contributed by atoms with Crippen molar-refractivity contribution < 1.29 is 18.8 Å². The van der Waals surface area contributed by atoms with Crippen LogP contribution in [0.1, 0.15) is 58.5 Å². The molecule has 0 aliphatic carbocycles. The predicted octanol–water partition coefficient (Wildman–Crippen LogP) is 5.50. The maximum absolute atomic E-state index is 13.0. The summed E-state index contributed by atoms with van der Waals surface area (Å²) in [6.45, 7) is 8.94. The molecule has 0 unspecified atom stereocenters. The maximum Gasteiger partial charge on any atom is 0.255 e. The average molecular weight is 475 g/mol. The summed E-state index contributed by atoms with van der Waals surface area (Å²) in [5.41, 5.74) is 3.94. The lowest BCUT2D eigenvalue weighted by molar-refractivity contribution is 0.102. The standard InChI is InChI=1S/C27H30N4O4/c1-17(2)26-28-11-12-31(26)15-20-7-6-8-22(13-20)29-27(32)21-9-10-24(25(14-21)33-5)34-16-23-18(3)30-35-19(23)4/h6-14,17H,15-16H2,1-5H3,(H,29,32). The molecule has 8 nitrogen and oxygen atoms in total. The zero-order chi connectivity index (χ0) is 24.9. The van der Waals surface area contributed by atoms with E-state index in [9.17, 15) is 4.79 Å². The number of aromatic nitrogens is 3. The van der Waals surface area contributed by atoms with Crippen LogP contribution >= 0.6 is 0 Å². The van der Waals surface area contributed by atoms with Gasteiger partial charge in [0.05, 0.1) is 18.4 Å². The Kier molecular flexibility index (Phi) is 7.19. The smallest absolute Gasteiger partial charge is 0.255 e. The fourth-order valence-corrected chi connectivity index (χ4v) is 3.89. The molecule has 2 aromatic carbocycles. The highest BCUT2D eigenvalue weighted by Gasteiger charge is 2.15. The number of ether oxygens (including phenoxy) is 2. The van der Waals surface area contributed by atoms with E-state index in [4.69, 9.17) is 14.0 Å². The first-order valence-electron chi connectivity index (χ1n) is 11.5. The predicted molar refractivity (Wildman–Crippen MR) is 133 cm³/mol. The number of amides is 1. The van der Waals surface area contributed by atoms with E-state index >= 15 is 0 Å². The highest BCUT2D eigenvalue weighted by molar-refractivity contribution is 6.04. The molecule has 0 aliphatic heterocycles. The minimum atomic E-state index is -0.233. The van der Waals surface area contributed by atoms with E-state index in [0.29, 0.717) is 41.9 Å². The van der Waals surface area contributed by atoms with Gasteiger partial charge >= 0.3 is 0 Å². The van der Waals surface area contributed by atoms with Crippen LogP contribution in [0.3, 0.4) is 0 Å². The van der Waals surface area contributed by atoms with Crippen molar-refractivity contribution in [2.75, 3.05) is 12.4 Å². The molecule has 0 radical (unpaired) electrons. The molecular weight excluding hydrogens is 444 g/mol. The van der Waals surface area contributed by atoms with Gasteiger partial charge in [-0.05, 0) is 49.7 Å². The Morgan fingerprint density at radius 2 is 1.97 bits per heavy atom. The Balaban J connectivity index is 1.45. The second-order valence-electron chi connectivity index (χ2n) is 8.68. The molecule has 0 saturated carbocycles. The van der Waals surface area contributed by atoms with E-state index in [1.54, 1.807) is 25.3 Å². The number of rotatable bonds is 9. The number of nitrogens with one attached hydrogen (secondary N) is 1. The first-order chi connectivity index (χ1) is 16.9. The van der Waals surface area contributed by atoms with Crippen molar-refractivity contribution in [3.05, 3.63) is 88.8 Å². The van der Waals surface area contributed by atoms with Crippen LogP contribution in [0.25, 0.3) is 0 Å². The van der Waals surface area contributed by atoms with Gasteiger partial charge < -0.3 is 23.9 Å². The van der Waals surface area contributed by atoms with Crippen LogP contribution in [0, 0.1) is 13.8 Å². The van der Waals surface area contributed by atoms with Crippen LogP contribution in [-0.4, -0.2) is 27.7 Å². The summed E-state index contributed by atoms with van der Waals surface area (Å²) in [4.78, 5) is 17.4. The van der Waals surface area contributed by atoms with Crippen molar-refractivity contribution in [1.82, 2.24) is 14.7 Å². The van der Waals surface area contributed by atoms with Gasteiger partial charge in [0.15, 0.2) is 11.5 Å². The number of aryl methyl sites for hydroxylation is 2. The molecule has 2 heterocycles. The Morgan fingerprint density at radius 1 is 1.14 bits per heavy atom. The summed E-state index contributed by atoms with van der Waals surface area (Å²) in [5.74, 6) is 2.85. The number of hydrogen-bond donors (Lipinski definition) is 1. The molecule has 0 atom stereocenters. The van der Waals surface area contributed by atoms with Crippen LogP contribution in [0.5, 0.6) is 11.5 Å². The minimum Gasteiger partial charge on any atom is -0.493 e. The van der Waals surface area contributed by atoms with Crippen molar-refractivity contribution in [2.24, 2.45) is 0 Å². The largest absolute Gasteiger partial charge is 0.493 e. The van der Waals surface area contributed by atoms with E-state index < -0.39 is 0 Å². The maximum atomic E-state index is 13.0. The fraction of sp³-hybridized carbons (Fsp3) is 0.296. The van der Waals surface area contributed by atoms with Gasteiger partial charge in [-0.15, -0.1) is 0 Å². The summed E-state index contributed by atoms with van der Waals surface area (Å²) >= 11 is 0. The molecule has 4 aromatic rings. The monoisotopic (exact) mass is 474 g/mol. The molecule has 1 N–H and O–H groups in total. The van der Waals surface area contributed by atoms with E-state index in [2.05, 4.69) is 33.9 Å². The first-order valence-corrected chi connectivity index (χ1v) is 11.5. The molecule has 2 aromatic heterocycles. The lowest BCUT2D eigenvalue weighted by Crippen LogP contribution is -2.13. The zero-order valence-corrected chi connectivity index (χ0v) is 20.7. The molecule has 1 amide bonds. The number of methoxy groups -OCH3 is 1. The van der Waals surface area contributed by atoms with Crippen LogP contribution in [0.4, 0.5) is 5.69 Å². The molecule has 0 spiro atoms. The first kappa shape index (κ1) is 24.1. The summed E-state index contributed by atoms with van der Waals surface area (Å²) in [5, 5.41) is 6.92. The number of anilines is 1. The fourth-order valence-electron chi connectivity index (χ4n) is 3.89. The van der Waals surface area contributed by atoms with Gasteiger partial charge in [-0.3, -0.25) is 4.79 Å². The molecule has 0 saturated heterocycles. The molecule has 4 rings (SSSR count). The van der Waals surface area contributed by atoms with Crippen LogP contribution in [-0.2, 0) is 13.2 Å². The average Bonchev–Trinajstić information content (AvgIpc) is 3.43. The third-order valence-corrected chi connectivity index (χ3v) is 5.78. The molecule has 8 heteroatoms. The van der Waals surface area contributed by atoms with Crippen molar-refractivity contribution in [2.45, 2.75) is 46.8 Å². The molecule has 182 valence electrons. The third-order valence-electron chi connectivity index (χ3n) is 5.78. The van der Waals surface area contributed by atoms with Gasteiger partial charge in [0.2, 0.25) is 0 Å². The highest BCUT2D eigenvalue weighted by Crippen LogP contribution is 2.30. The summed E-state index contributed by atoms with van der Waals surface area (Å²) in [7, 11) is 1.55. The van der Waals surface area contributed by atoms with Crippen LogP contribution in [0.15, 0.2) is 59.4 Å². The van der Waals surface area contributed by atoms with Crippen LogP contribution < -0.4 is 14.8 Å². The van der Waals surface area contributed by atoms with Crippen molar-refractivity contribution in [3.63, 3.8) is 0 Å². The summed E-state index contributed by atoms with van der Waals surface area (Å²) < 4.78 is 18.7. The van der Waals surface area contributed by atoms with E-state index in [-0.39, 0.29) is 5.91 Å². The van der Waals surface area contributed by atoms with E-state index in [1.165, 1.54) is 0 Å². The Bertz CT molecular complexity index is 1300. The van der Waals surface area contributed by atoms with Crippen LogP contribution in [0.2, 0.25) is 0 Å². The quantitative estimate of drug-likeness (QED) is 0.344. The molecule has 0 bridgehead atoms. The van der Waals surface area contributed by atoms with Gasteiger partial charge in [-0.1, -0.05) is 31.1 Å². The number of carbonyl (C=O) groups is 1. The number of benzene rings is 2. The van der Waals surface area contributed by atoms with Crippen molar-refractivity contribution in [3.8, 4) is 11.5 Å². The SMILES string of the molecule is COc1cc(C(=O)Nc2cccc(Cn3ccnc3C(C)C)c2)ccc1OCc1c(C)noc1C. The van der Waals surface area contributed by atoms with Gasteiger partial charge in [0.25, 0.3) is 5.91 Å². The third kappa shape index (κ3) is 5.54. The number of imidazole rings is 1. The normalized spacial score (nSPS) is 11.0. The molecular formula is C27H30N4O4. The van der Waals surface area contributed by atoms with E-state index in [1.807, 2.05) is 50.5 Å². The van der Waals surface area contributed by atoms with Crippen molar-refractivity contribution in [1.29, 1.82) is 0 Å². The lowest BCUT2D eigenvalue weighted by Gasteiger charge is -2.13. The minimum absolute atomic E-state index is 0.233. The Morgan fingerprint density at radius 3 is 2.69 bits per heavy atom. The second-order valence-corrected chi connectivity index (χ2v) is 8.68. The van der Waals surface area contributed by atoms with Gasteiger partial charge in [0, 0.05) is 36.1 Å². The van der Waals surface area contributed by atoms with Gasteiger partial charge in [-0.2, -0.15) is 0 Å². The Hall–Kier alpha value is -4.07. The molecule has 0 fully saturated rings. The number of nitrogens with zero attached hydrogens (tertiary/aromatic N) is 3. The van der Waals surface area contributed by atoms with E-state index in [0.717, 1.165) is 28.3 Å². The summed E-state index contributed by atoms with van der Waals surface area (Å²) in [6, 6.07) is 12.9. The van der Waals surface area contributed by atoms with Gasteiger partial charge in [-0.25, -0.2) is 4.98 Å². The zero-order valence-electron chi connectivity index (χ0n) is 20.7. The lowest BCUT2D eigenvalue weighted by atomic mass is 10.1. The number of carbonyl (C=O) groups excluding carboxylic acids is 1. The number of hydrogen-bond acceptors (Lipinski definition) is 6. The van der Waals surface area contributed by atoms with Crippen molar-refractivity contribution >= 4 is 11.6 Å². The Labute approximate surface area is 204 Å².